The minimum Gasteiger partial charge on any atom is -0.481 e. The van der Waals surface area contributed by atoms with E-state index in [1.165, 1.54) is 34.5 Å². The topological polar surface area (TPSA) is 191 Å². The van der Waals surface area contributed by atoms with Crippen LogP contribution in [0.3, 0.4) is 0 Å². The van der Waals surface area contributed by atoms with Gasteiger partial charge in [0.1, 0.15) is 29.1 Å². The molecule has 2 aliphatic heterocycles. The number of anilines is 1. The number of oxime groups is 1. The van der Waals surface area contributed by atoms with E-state index in [1.54, 1.807) is 10.1 Å². The molecule has 2 fully saturated rings. The number of carboxylic acid groups (broad SMARTS) is 1. The molecule has 2 amide bonds. The number of carboxylic acids is 1. The van der Waals surface area contributed by atoms with E-state index in [2.05, 4.69) is 44.5 Å². The molecule has 216 valence electrons. The van der Waals surface area contributed by atoms with Crippen LogP contribution in [0.1, 0.15) is 38.3 Å². The molecule has 4 heterocycles. The number of tetrazole rings is 1. The number of nitrogens with zero attached hydrogens (tertiary/aromatic N) is 7. The Morgan fingerprint density at radius 2 is 2.25 bits per heavy atom. The molecule has 2 aliphatic rings. The Labute approximate surface area is 243 Å². The van der Waals surface area contributed by atoms with Gasteiger partial charge in [0.15, 0.2) is 10.8 Å². The van der Waals surface area contributed by atoms with E-state index in [-0.39, 0.29) is 47.1 Å². The van der Waals surface area contributed by atoms with Crippen LogP contribution in [0.15, 0.2) is 28.3 Å². The summed E-state index contributed by atoms with van der Waals surface area (Å²) in [5.41, 5.74) is 4.61. The fourth-order valence-corrected chi connectivity index (χ4v) is 7.51. The number of carbonyl (C=O) groups excluding carboxylic acids is 2. The summed E-state index contributed by atoms with van der Waals surface area (Å²) in [5, 5.41) is 30.5. The number of unbranched alkanes of at least 4 members (excludes halogenated alkanes) is 3. The summed E-state index contributed by atoms with van der Waals surface area (Å²) in [6, 6.07) is -0.840. The van der Waals surface area contributed by atoms with E-state index in [1.807, 2.05) is 0 Å². The van der Waals surface area contributed by atoms with Crippen LogP contribution >= 0.6 is 34.9 Å². The van der Waals surface area contributed by atoms with Crippen LogP contribution in [0.4, 0.5) is 5.13 Å². The van der Waals surface area contributed by atoms with Gasteiger partial charge in [-0.15, -0.1) is 28.2 Å². The first kappa shape index (κ1) is 29.8. The molecule has 0 radical (unpaired) electrons. The average Bonchev–Trinajstić information content (AvgIpc) is 3.59. The molecule has 2 unspecified atom stereocenters. The summed E-state index contributed by atoms with van der Waals surface area (Å²) in [4.78, 5) is 49.2. The van der Waals surface area contributed by atoms with E-state index in [9.17, 15) is 19.5 Å². The van der Waals surface area contributed by atoms with Crippen LogP contribution in [0, 0.1) is 5.41 Å². The molecule has 2 aromatic heterocycles. The lowest BCUT2D eigenvalue weighted by Gasteiger charge is -2.53. The summed E-state index contributed by atoms with van der Waals surface area (Å²) in [6.45, 7) is 6.44. The molecule has 17 heteroatoms. The van der Waals surface area contributed by atoms with Gasteiger partial charge in [-0.1, -0.05) is 55.8 Å². The van der Waals surface area contributed by atoms with Gasteiger partial charge in [0.25, 0.3) is 5.91 Å². The predicted octanol–water partition coefficient (Wildman–Crippen LogP) is 1.46. The van der Waals surface area contributed by atoms with Gasteiger partial charge in [-0.2, -0.15) is 0 Å². The molecule has 0 bridgehead atoms. The highest BCUT2D eigenvalue weighted by molar-refractivity contribution is 8.00. The fraction of sp³-hybridized carbons (Fsp3) is 0.565. The summed E-state index contributed by atoms with van der Waals surface area (Å²) < 4.78 is 1.70. The Kier molecular flexibility index (Phi) is 10.0. The normalized spacial score (nSPS) is 22.4. The average molecular weight is 610 g/mol. The minimum atomic E-state index is -1.20. The Morgan fingerprint density at radius 1 is 1.43 bits per heavy atom. The maximum Gasteiger partial charge on any atom is 0.313 e. The quantitative estimate of drug-likeness (QED) is 0.0659. The van der Waals surface area contributed by atoms with Gasteiger partial charge in [-0.05, 0) is 16.8 Å². The molecule has 40 heavy (non-hydrogen) atoms. The lowest BCUT2D eigenvalue weighted by molar-refractivity contribution is -0.157. The number of carbonyl (C=O) groups is 3. The van der Waals surface area contributed by atoms with Gasteiger partial charge in [0.2, 0.25) is 11.1 Å². The van der Waals surface area contributed by atoms with Crippen molar-refractivity contribution >= 4 is 63.5 Å². The van der Waals surface area contributed by atoms with Crippen LogP contribution in [0.2, 0.25) is 0 Å². The van der Waals surface area contributed by atoms with E-state index in [4.69, 9.17) is 10.6 Å². The van der Waals surface area contributed by atoms with E-state index in [0.717, 1.165) is 37.0 Å². The van der Waals surface area contributed by atoms with Gasteiger partial charge in [0, 0.05) is 30.0 Å². The first-order valence-corrected chi connectivity index (χ1v) is 15.6. The molecule has 14 nitrogen and oxygen atoms in total. The Morgan fingerprint density at radius 3 is 2.95 bits per heavy atom. The number of hydrogen-bond donors (Lipinski definition) is 3. The molecule has 0 aromatic carbocycles. The van der Waals surface area contributed by atoms with Gasteiger partial charge in [0.05, 0.1) is 0 Å². The highest BCUT2D eigenvalue weighted by atomic mass is 32.2. The Bertz CT molecular complexity index is 1270. The van der Waals surface area contributed by atoms with Crippen molar-refractivity contribution in [1.82, 2.24) is 35.4 Å². The molecule has 0 saturated carbocycles. The summed E-state index contributed by atoms with van der Waals surface area (Å²) in [6.07, 6.45) is 5.73. The van der Waals surface area contributed by atoms with Crippen molar-refractivity contribution in [3.05, 3.63) is 23.7 Å². The summed E-state index contributed by atoms with van der Waals surface area (Å²) in [5.74, 6) is -1.57. The molecule has 2 saturated heterocycles. The van der Waals surface area contributed by atoms with Crippen molar-refractivity contribution in [3.8, 4) is 0 Å². The third-order valence-electron chi connectivity index (χ3n) is 6.41. The number of rotatable bonds is 15. The van der Waals surface area contributed by atoms with Crippen LogP contribution in [0.5, 0.6) is 0 Å². The lowest BCUT2D eigenvalue weighted by Crippen LogP contribution is -2.74. The second-order valence-electron chi connectivity index (χ2n) is 9.33. The number of amides is 2. The maximum atomic E-state index is 13.1. The summed E-state index contributed by atoms with van der Waals surface area (Å²) >= 11 is 3.73. The van der Waals surface area contributed by atoms with Crippen LogP contribution < -0.4 is 11.1 Å². The molecule has 4 rings (SSSR count). The zero-order valence-corrected chi connectivity index (χ0v) is 24.3. The number of nitrogen functional groups attached to an aromatic ring is 1. The number of aromatic nitrogens is 5. The molecular formula is C23H31N9O5S3. The SMILES string of the molecule is C=CCON=C(C(=O)NC1C(=O)N2CC(CSc3nnnn3CCCCCC)(C(=O)O)CS[C@H]12)c1csc(N)n1. The Balaban J connectivity index is 1.38. The Hall–Kier alpha value is -3.18. The molecule has 4 N–H and O–H groups in total. The van der Waals surface area contributed by atoms with Crippen molar-refractivity contribution in [3.63, 3.8) is 0 Å². The molecular weight excluding hydrogens is 579 g/mol. The second kappa shape index (κ2) is 13.5. The van der Waals surface area contributed by atoms with Gasteiger partial charge in [-0.3, -0.25) is 14.4 Å². The minimum absolute atomic E-state index is 0.0162. The first-order chi connectivity index (χ1) is 19.3. The monoisotopic (exact) mass is 609 g/mol. The van der Waals surface area contributed by atoms with E-state index in [0.29, 0.717) is 11.7 Å². The first-order valence-electron chi connectivity index (χ1n) is 12.7. The number of nitrogens with two attached hydrogens (primary N) is 1. The second-order valence-corrected chi connectivity index (χ2v) is 12.3. The lowest BCUT2D eigenvalue weighted by atomic mass is 9.89. The number of thioether (sulfide) groups is 2. The van der Waals surface area contributed by atoms with Gasteiger partial charge < -0.3 is 25.9 Å². The third kappa shape index (κ3) is 6.58. The molecule has 0 aliphatic carbocycles. The van der Waals surface area contributed by atoms with Gasteiger partial charge in [-0.25, -0.2) is 9.67 Å². The smallest absolute Gasteiger partial charge is 0.313 e. The van der Waals surface area contributed by atoms with Crippen molar-refractivity contribution in [2.45, 2.75) is 55.7 Å². The number of nitrogens with one attached hydrogen (secondary N) is 1. The predicted molar refractivity (Wildman–Crippen MR) is 152 cm³/mol. The number of aryl methyl sites for hydroxylation is 1. The zero-order valence-electron chi connectivity index (χ0n) is 21.9. The third-order valence-corrected chi connectivity index (χ3v) is 9.92. The molecule has 0 spiro atoms. The number of aliphatic carboxylic acids is 1. The number of fused-ring (bicyclic) bond motifs is 1. The van der Waals surface area contributed by atoms with Crippen molar-refractivity contribution in [1.29, 1.82) is 0 Å². The van der Waals surface area contributed by atoms with Crippen molar-refractivity contribution < 1.29 is 24.3 Å². The molecule has 3 atom stereocenters. The zero-order chi connectivity index (χ0) is 28.7. The maximum absolute atomic E-state index is 13.1. The van der Waals surface area contributed by atoms with Crippen LogP contribution in [0.25, 0.3) is 0 Å². The van der Waals surface area contributed by atoms with Gasteiger partial charge >= 0.3 is 5.97 Å². The number of β-lactam (4-membered cyclic amide) rings is 1. The van der Waals surface area contributed by atoms with E-state index < -0.39 is 28.7 Å². The molecule has 2 aromatic rings. The largest absolute Gasteiger partial charge is 0.481 e. The fourth-order valence-electron chi connectivity index (χ4n) is 4.20. The number of hydrogen-bond acceptors (Lipinski definition) is 13. The van der Waals surface area contributed by atoms with E-state index >= 15 is 0 Å². The van der Waals surface area contributed by atoms with Crippen LogP contribution in [-0.2, 0) is 25.8 Å². The van der Waals surface area contributed by atoms with Crippen LogP contribution in [-0.4, -0.2) is 94.8 Å². The highest BCUT2D eigenvalue weighted by Crippen LogP contribution is 2.44. The highest BCUT2D eigenvalue weighted by Gasteiger charge is 2.57. The number of thiazole rings is 1. The summed E-state index contributed by atoms with van der Waals surface area (Å²) in [7, 11) is 0. The van der Waals surface area contributed by atoms with Crippen molar-refractivity contribution in [2.75, 3.05) is 30.4 Å². The standard InChI is InChI=1S/C23H31N9O5S3/c1-3-5-6-7-8-32-22(27-29-30-32)40-13-23(20(35)36)11-31-18(34)16(19(31)39-12-23)26-17(33)15(28-37-9-4-2)14-10-38-21(24)25-14/h4,10,16,19H,2-3,5-9,11-13H2,1H3,(H2,24,25)(H,26,33)(H,35,36)/t16?,19-,23?/m1/s1. The van der Waals surface area contributed by atoms with Crippen molar-refractivity contribution in [2.24, 2.45) is 10.6 Å².